The molecule has 0 unspecified atom stereocenters. The molecule has 19 heavy (non-hydrogen) atoms. The Labute approximate surface area is 121 Å². The minimum atomic E-state index is -2.91. The molecule has 0 aliphatic heterocycles. The molecule has 2 atom stereocenters. The fraction of sp³-hybridized carbons (Fsp3) is 0.571. The van der Waals surface area contributed by atoms with Gasteiger partial charge < -0.3 is 4.90 Å². The molecule has 1 aromatic carbocycles. The maximum absolute atomic E-state index is 11.2. The highest BCUT2D eigenvalue weighted by Crippen LogP contribution is 2.23. The van der Waals surface area contributed by atoms with Crippen LogP contribution in [0.25, 0.3) is 0 Å². The third-order valence-electron chi connectivity index (χ3n) is 3.63. The predicted molar refractivity (Wildman–Crippen MR) is 81.7 cm³/mol. The Morgan fingerprint density at radius 1 is 1.21 bits per heavy atom. The molecule has 1 aromatic rings. The van der Waals surface area contributed by atoms with Gasteiger partial charge in [-0.2, -0.15) is 0 Å². The molecule has 0 amide bonds. The topological polar surface area (TPSA) is 37.4 Å². The highest BCUT2D eigenvalue weighted by atomic mass is 35.5. The van der Waals surface area contributed by atoms with Crippen LogP contribution in [0.3, 0.4) is 0 Å². The first-order chi connectivity index (χ1) is 8.70. The van der Waals surface area contributed by atoms with Gasteiger partial charge in [-0.3, -0.25) is 0 Å². The van der Waals surface area contributed by atoms with E-state index in [1.54, 1.807) is 0 Å². The quantitative estimate of drug-likeness (QED) is 0.811. The zero-order valence-electron chi connectivity index (χ0n) is 11.9. The zero-order valence-corrected chi connectivity index (χ0v) is 13.5. The standard InChI is InChI=1S/C14H22ClNO2S/c1-11(13-5-7-14(15)8-6-13)12(2)16(3)9-10-19(4,17)18/h5-8,11-12H,9-10H2,1-4H3/t11-,12-/m0/s1. The normalized spacial score (nSPS) is 15.5. The van der Waals surface area contributed by atoms with E-state index in [1.165, 1.54) is 11.8 Å². The zero-order chi connectivity index (χ0) is 14.6. The van der Waals surface area contributed by atoms with Gasteiger partial charge in [0.1, 0.15) is 9.84 Å². The maximum Gasteiger partial charge on any atom is 0.148 e. The number of hydrogen-bond donors (Lipinski definition) is 0. The van der Waals surface area contributed by atoms with Gasteiger partial charge in [0.05, 0.1) is 5.75 Å². The second-order valence-electron chi connectivity index (χ2n) is 5.19. The summed E-state index contributed by atoms with van der Waals surface area (Å²) in [6, 6.07) is 8.08. The Kier molecular flexibility index (Phi) is 5.83. The lowest BCUT2D eigenvalue weighted by atomic mass is 9.93. The van der Waals surface area contributed by atoms with Crippen molar-refractivity contribution in [2.24, 2.45) is 0 Å². The minimum absolute atomic E-state index is 0.196. The minimum Gasteiger partial charge on any atom is -0.302 e. The second kappa shape index (κ2) is 6.73. The summed E-state index contributed by atoms with van der Waals surface area (Å²) in [7, 11) is -0.947. The van der Waals surface area contributed by atoms with Gasteiger partial charge in [-0.25, -0.2) is 8.42 Å². The number of halogens is 1. The van der Waals surface area contributed by atoms with E-state index >= 15 is 0 Å². The summed E-state index contributed by atoms with van der Waals surface area (Å²) in [5, 5.41) is 0.731. The lowest BCUT2D eigenvalue weighted by molar-refractivity contribution is 0.244. The number of benzene rings is 1. The molecule has 0 saturated heterocycles. The molecule has 0 bridgehead atoms. The molecule has 0 heterocycles. The Hall–Kier alpha value is -0.580. The summed E-state index contributed by atoms with van der Waals surface area (Å²) in [6.07, 6.45) is 1.27. The number of nitrogens with zero attached hydrogens (tertiary/aromatic N) is 1. The van der Waals surface area contributed by atoms with Gasteiger partial charge in [-0.05, 0) is 37.6 Å². The van der Waals surface area contributed by atoms with Crippen molar-refractivity contribution < 1.29 is 8.42 Å². The van der Waals surface area contributed by atoms with Gasteiger partial charge in [0.25, 0.3) is 0 Å². The van der Waals surface area contributed by atoms with Crippen molar-refractivity contribution in [2.45, 2.75) is 25.8 Å². The molecule has 3 nitrogen and oxygen atoms in total. The van der Waals surface area contributed by atoms with Crippen LogP contribution in [0, 0.1) is 0 Å². The molecule has 5 heteroatoms. The molecule has 0 aliphatic rings. The van der Waals surface area contributed by atoms with Crippen molar-refractivity contribution in [1.82, 2.24) is 4.90 Å². The SMILES string of the molecule is C[C@H](c1ccc(Cl)cc1)[C@H](C)N(C)CCS(C)(=O)=O. The number of hydrogen-bond acceptors (Lipinski definition) is 3. The first kappa shape index (κ1) is 16.5. The van der Waals surface area contributed by atoms with Crippen LogP contribution < -0.4 is 0 Å². The number of sulfone groups is 1. The lowest BCUT2D eigenvalue weighted by Gasteiger charge is -2.30. The average Bonchev–Trinajstić information content (AvgIpc) is 2.34. The van der Waals surface area contributed by atoms with E-state index in [2.05, 4.69) is 18.7 Å². The highest BCUT2D eigenvalue weighted by molar-refractivity contribution is 7.90. The summed E-state index contributed by atoms with van der Waals surface area (Å²) in [5.41, 5.74) is 1.21. The molecule has 0 spiro atoms. The molecule has 0 aliphatic carbocycles. The fourth-order valence-electron chi connectivity index (χ4n) is 1.94. The molecule has 108 valence electrons. The van der Waals surface area contributed by atoms with Crippen LogP contribution >= 0.6 is 11.6 Å². The summed E-state index contributed by atoms with van der Waals surface area (Å²) < 4.78 is 22.4. The van der Waals surface area contributed by atoms with Crippen LogP contribution in [0.15, 0.2) is 24.3 Å². The van der Waals surface area contributed by atoms with Crippen LogP contribution in [0.4, 0.5) is 0 Å². The van der Waals surface area contributed by atoms with Crippen LogP contribution in [0.1, 0.15) is 25.3 Å². The number of rotatable bonds is 6. The van der Waals surface area contributed by atoms with E-state index in [0.29, 0.717) is 12.5 Å². The summed E-state index contributed by atoms with van der Waals surface area (Å²) in [5.74, 6) is 0.517. The fourth-order valence-corrected chi connectivity index (χ4v) is 2.69. The molecule has 0 fully saturated rings. The van der Waals surface area contributed by atoms with Crippen molar-refractivity contribution in [3.63, 3.8) is 0 Å². The van der Waals surface area contributed by atoms with E-state index < -0.39 is 9.84 Å². The van der Waals surface area contributed by atoms with Crippen molar-refractivity contribution in [3.05, 3.63) is 34.9 Å². The van der Waals surface area contributed by atoms with E-state index in [1.807, 2.05) is 31.3 Å². The molecule has 0 N–H and O–H groups in total. The van der Waals surface area contributed by atoms with Crippen LogP contribution in [-0.2, 0) is 9.84 Å². The summed E-state index contributed by atoms with van der Waals surface area (Å²) in [6.45, 7) is 4.81. The molecular weight excluding hydrogens is 282 g/mol. The molecular formula is C14H22ClNO2S. The third-order valence-corrected chi connectivity index (χ3v) is 4.81. The molecule has 0 radical (unpaired) electrons. The predicted octanol–water partition coefficient (Wildman–Crippen LogP) is 2.81. The second-order valence-corrected chi connectivity index (χ2v) is 7.89. The lowest BCUT2D eigenvalue weighted by Crippen LogP contribution is -2.36. The summed E-state index contributed by atoms with van der Waals surface area (Å²) >= 11 is 5.88. The smallest absolute Gasteiger partial charge is 0.148 e. The van der Waals surface area contributed by atoms with Gasteiger partial charge in [-0.1, -0.05) is 30.7 Å². The molecule has 1 rings (SSSR count). The van der Waals surface area contributed by atoms with E-state index in [0.717, 1.165) is 5.02 Å². The third kappa shape index (κ3) is 5.51. The first-order valence-corrected chi connectivity index (χ1v) is 8.78. The van der Waals surface area contributed by atoms with Crippen LogP contribution in [0.5, 0.6) is 0 Å². The Balaban J connectivity index is 2.65. The summed E-state index contributed by atoms with van der Waals surface area (Å²) in [4.78, 5) is 2.08. The van der Waals surface area contributed by atoms with Crippen molar-refractivity contribution in [2.75, 3.05) is 25.6 Å². The highest BCUT2D eigenvalue weighted by Gasteiger charge is 2.19. The van der Waals surface area contributed by atoms with Gasteiger partial charge in [-0.15, -0.1) is 0 Å². The Morgan fingerprint density at radius 2 is 1.74 bits per heavy atom. The van der Waals surface area contributed by atoms with E-state index in [9.17, 15) is 8.42 Å². The largest absolute Gasteiger partial charge is 0.302 e. The van der Waals surface area contributed by atoms with E-state index in [4.69, 9.17) is 11.6 Å². The van der Waals surface area contributed by atoms with Gasteiger partial charge in [0.2, 0.25) is 0 Å². The van der Waals surface area contributed by atoms with Crippen molar-refractivity contribution in [3.8, 4) is 0 Å². The van der Waals surface area contributed by atoms with Crippen molar-refractivity contribution >= 4 is 21.4 Å². The Bertz CT molecular complexity index is 499. The van der Waals surface area contributed by atoms with Crippen LogP contribution in [0.2, 0.25) is 5.02 Å². The number of likely N-dealkylation sites (N-methyl/N-ethyl adjacent to an activating group) is 1. The molecule has 0 aromatic heterocycles. The monoisotopic (exact) mass is 303 g/mol. The average molecular weight is 304 g/mol. The van der Waals surface area contributed by atoms with Crippen LogP contribution in [-0.4, -0.2) is 45.0 Å². The molecule has 0 saturated carbocycles. The Morgan fingerprint density at radius 3 is 2.21 bits per heavy atom. The van der Waals surface area contributed by atoms with Crippen molar-refractivity contribution in [1.29, 1.82) is 0 Å². The van der Waals surface area contributed by atoms with Gasteiger partial charge in [0, 0.05) is 23.9 Å². The van der Waals surface area contributed by atoms with Gasteiger partial charge >= 0.3 is 0 Å². The van der Waals surface area contributed by atoms with E-state index in [-0.39, 0.29) is 11.8 Å². The first-order valence-electron chi connectivity index (χ1n) is 6.34. The maximum atomic E-state index is 11.2. The van der Waals surface area contributed by atoms with Gasteiger partial charge in [0.15, 0.2) is 0 Å².